The smallest absolute Gasteiger partial charge is 0.238 e. The van der Waals surface area contributed by atoms with E-state index in [1.165, 1.54) is 0 Å². The number of nitrogens with one attached hydrogen (secondary N) is 1. The van der Waals surface area contributed by atoms with Crippen LogP contribution >= 0.6 is 34.7 Å². The van der Waals surface area contributed by atoms with Crippen LogP contribution in [0.15, 0.2) is 58.8 Å². The largest absolute Gasteiger partial charge is 0.324 e. The van der Waals surface area contributed by atoms with Gasteiger partial charge < -0.3 is 5.32 Å². The van der Waals surface area contributed by atoms with Crippen molar-refractivity contribution in [3.8, 4) is 10.6 Å². The summed E-state index contributed by atoms with van der Waals surface area (Å²) in [6.45, 7) is 0.915. The molecule has 1 heterocycles. The first-order valence-corrected chi connectivity index (χ1v) is 10.8. The molecule has 0 spiro atoms. The molecule has 0 saturated heterocycles. The summed E-state index contributed by atoms with van der Waals surface area (Å²) in [5.41, 5.74) is 2.84. The second-order valence-corrected chi connectivity index (χ2v) is 8.21. The van der Waals surface area contributed by atoms with E-state index < -0.39 is 0 Å². The molecule has 0 aliphatic rings. The highest BCUT2D eigenvalue weighted by Gasteiger charge is 2.12. The number of thioether (sulfide) groups is 1. The molecule has 3 rings (SSSR count). The van der Waals surface area contributed by atoms with Crippen molar-refractivity contribution in [2.24, 2.45) is 0 Å². The van der Waals surface area contributed by atoms with Gasteiger partial charge in [-0.3, -0.25) is 9.69 Å². The predicted molar refractivity (Wildman–Crippen MR) is 116 cm³/mol. The van der Waals surface area contributed by atoms with E-state index in [0.717, 1.165) is 26.8 Å². The quantitative estimate of drug-likeness (QED) is 0.533. The molecule has 1 amide bonds. The molecule has 2 aromatic carbocycles. The number of hydrogen-bond acceptors (Lipinski definition) is 5. The van der Waals surface area contributed by atoms with Gasteiger partial charge in [-0.1, -0.05) is 35.9 Å². The van der Waals surface area contributed by atoms with Gasteiger partial charge in [0.15, 0.2) is 0 Å². The second kappa shape index (κ2) is 9.37. The summed E-state index contributed by atoms with van der Waals surface area (Å²) in [5.74, 6) is -0.0350. The molecule has 0 aliphatic heterocycles. The summed E-state index contributed by atoms with van der Waals surface area (Å²) in [4.78, 5) is 20.0. The van der Waals surface area contributed by atoms with Gasteiger partial charge in [0.1, 0.15) is 5.01 Å². The molecule has 7 heteroatoms. The Morgan fingerprint density at radius 2 is 1.96 bits per heavy atom. The van der Waals surface area contributed by atoms with Crippen molar-refractivity contribution in [2.45, 2.75) is 11.4 Å². The third-order valence-corrected chi connectivity index (χ3v) is 5.86. The predicted octanol–water partition coefficient (Wildman–Crippen LogP) is 5.26. The number of carbonyl (C=O) groups is 1. The van der Waals surface area contributed by atoms with Crippen molar-refractivity contribution in [1.29, 1.82) is 0 Å². The summed E-state index contributed by atoms with van der Waals surface area (Å²) in [7, 11) is 1.92. The molecule has 0 atom stereocenters. The molecular weight excluding hydrogens is 398 g/mol. The van der Waals surface area contributed by atoms with Crippen molar-refractivity contribution in [3.63, 3.8) is 0 Å². The normalized spacial score (nSPS) is 11.0. The molecule has 1 N–H and O–H groups in total. The van der Waals surface area contributed by atoms with Gasteiger partial charge in [-0.2, -0.15) is 0 Å². The standard InChI is InChI=1S/C20H20ClN3OS2/c1-24(12-19(25)23-17-5-3-4-6-18(17)26-2)11-16-13-27-20(22-16)14-7-9-15(21)10-8-14/h3-10,13H,11-12H2,1-2H3,(H,23,25). The van der Waals surface area contributed by atoms with Gasteiger partial charge in [-0.05, 0) is 37.6 Å². The van der Waals surface area contributed by atoms with Crippen molar-refractivity contribution >= 4 is 46.3 Å². The highest BCUT2D eigenvalue weighted by Crippen LogP contribution is 2.26. The average molecular weight is 418 g/mol. The lowest BCUT2D eigenvalue weighted by Gasteiger charge is -2.16. The number of anilines is 1. The Labute approximate surface area is 172 Å². The van der Waals surface area contributed by atoms with Gasteiger partial charge in [0.2, 0.25) is 5.91 Å². The number of aromatic nitrogens is 1. The number of likely N-dealkylation sites (N-methyl/N-ethyl adjacent to an activating group) is 1. The number of halogens is 1. The van der Waals surface area contributed by atoms with Crippen molar-refractivity contribution in [3.05, 3.63) is 64.6 Å². The molecule has 4 nitrogen and oxygen atoms in total. The Balaban J connectivity index is 1.57. The number of carbonyl (C=O) groups excluding carboxylic acids is 1. The van der Waals surface area contributed by atoms with Crippen LogP contribution < -0.4 is 5.32 Å². The number of thiazole rings is 1. The van der Waals surface area contributed by atoms with E-state index in [-0.39, 0.29) is 5.91 Å². The van der Waals surface area contributed by atoms with Crippen LogP contribution in [0.1, 0.15) is 5.69 Å². The fourth-order valence-electron chi connectivity index (χ4n) is 2.62. The summed E-state index contributed by atoms with van der Waals surface area (Å²) in [6.07, 6.45) is 2.00. The van der Waals surface area contributed by atoms with Crippen molar-refractivity contribution in [2.75, 3.05) is 25.2 Å². The Bertz CT molecular complexity index is 912. The number of amides is 1. The molecule has 0 saturated carbocycles. The number of benzene rings is 2. The second-order valence-electron chi connectivity index (χ2n) is 6.07. The SMILES string of the molecule is CSc1ccccc1NC(=O)CN(C)Cc1csc(-c2ccc(Cl)cc2)n1. The van der Waals surface area contributed by atoms with E-state index in [1.807, 2.05) is 72.1 Å². The molecule has 0 radical (unpaired) electrons. The highest BCUT2D eigenvalue weighted by atomic mass is 35.5. The minimum absolute atomic E-state index is 0.0350. The van der Waals surface area contributed by atoms with Crippen LogP contribution in [-0.2, 0) is 11.3 Å². The number of hydrogen-bond donors (Lipinski definition) is 1. The van der Waals surface area contributed by atoms with E-state index in [2.05, 4.69) is 10.3 Å². The van der Waals surface area contributed by atoms with E-state index in [0.29, 0.717) is 18.1 Å². The maximum absolute atomic E-state index is 12.3. The Morgan fingerprint density at radius 1 is 1.22 bits per heavy atom. The Kier molecular flexibility index (Phi) is 6.90. The molecule has 3 aromatic rings. The van der Waals surface area contributed by atoms with E-state index >= 15 is 0 Å². The average Bonchev–Trinajstić information content (AvgIpc) is 3.10. The molecule has 140 valence electrons. The van der Waals surface area contributed by atoms with Crippen LogP contribution in [0.4, 0.5) is 5.69 Å². The lowest BCUT2D eigenvalue weighted by molar-refractivity contribution is -0.117. The van der Waals surface area contributed by atoms with Crippen LogP contribution in [0.2, 0.25) is 5.02 Å². The molecule has 0 fully saturated rings. The van der Waals surface area contributed by atoms with Gasteiger partial charge >= 0.3 is 0 Å². The zero-order valence-corrected chi connectivity index (χ0v) is 17.5. The zero-order valence-electron chi connectivity index (χ0n) is 15.1. The third kappa shape index (κ3) is 5.56. The van der Waals surface area contributed by atoms with E-state index in [1.54, 1.807) is 23.1 Å². The van der Waals surface area contributed by atoms with E-state index in [9.17, 15) is 4.79 Å². The molecule has 1 aromatic heterocycles. The minimum atomic E-state index is -0.0350. The fourth-order valence-corrected chi connectivity index (χ4v) is 4.12. The summed E-state index contributed by atoms with van der Waals surface area (Å²) < 4.78 is 0. The summed E-state index contributed by atoms with van der Waals surface area (Å²) >= 11 is 9.14. The maximum atomic E-state index is 12.3. The van der Waals surface area contributed by atoms with Gasteiger partial charge in [-0.25, -0.2) is 4.98 Å². The summed E-state index contributed by atoms with van der Waals surface area (Å²) in [5, 5.41) is 6.68. The first-order chi connectivity index (χ1) is 13.0. The van der Waals surface area contributed by atoms with Crippen LogP contribution in [0.3, 0.4) is 0 Å². The van der Waals surface area contributed by atoms with Gasteiger partial charge in [-0.15, -0.1) is 23.1 Å². The minimum Gasteiger partial charge on any atom is -0.324 e. The van der Waals surface area contributed by atoms with Gasteiger partial charge in [0.05, 0.1) is 17.9 Å². The topological polar surface area (TPSA) is 45.2 Å². The zero-order chi connectivity index (χ0) is 19.2. The lowest BCUT2D eigenvalue weighted by atomic mass is 10.2. The van der Waals surface area contributed by atoms with Crippen molar-refractivity contribution in [1.82, 2.24) is 9.88 Å². The van der Waals surface area contributed by atoms with E-state index in [4.69, 9.17) is 11.6 Å². The van der Waals surface area contributed by atoms with Crippen LogP contribution in [-0.4, -0.2) is 35.6 Å². The summed E-state index contributed by atoms with van der Waals surface area (Å²) in [6, 6.07) is 15.5. The van der Waals surface area contributed by atoms with Gasteiger partial charge in [0, 0.05) is 27.4 Å². The first-order valence-electron chi connectivity index (χ1n) is 8.37. The number of para-hydroxylation sites is 1. The molecule has 27 heavy (non-hydrogen) atoms. The third-order valence-electron chi connectivity index (χ3n) is 3.87. The van der Waals surface area contributed by atoms with Crippen LogP contribution in [0.25, 0.3) is 10.6 Å². The first kappa shape index (κ1) is 19.9. The Hall–Kier alpha value is -1.86. The Morgan fingerprint density at radius 3 is 2.70 bits per heavy atom. The van der Waals surface area contributed by atoms with Crippen molar-refractivity contribution < 1.29 is 4.79 Å². The van der Waals surface area contributed by atoms with Crippen LogP contribution in [0, 0.1) is 0 Å². The molecular formula is C20H20ClN3OS2. The molecule has 0 unspecified atom stereocenters. The lowest BCUT2D eigenvalue weighted by Crippen LogP contribution is -2.30. The number of nitrogens with zero attached hydrogens (tertiary/aromatic N) is 2. The molecule has 0 bridgehead atoms. The van der Waals surface area contributed by atoms with Gasteiger partial charge in [0.25, 0.3) is 0 Å². The monoisotopic (exact) mass is 417 g/mol. The molecule has 0 aliphatic carbocycles. The number of rotatable bonds is 7. The maximum Gasteiger partial charge on any atom is 0.238 e. The fraction of sp³-hybridized carbons (Fsp3) is 0.200. The van der Waals surface area contributed by atoms with Crippen LogP contribution in [0.5, 0.6) is 0 Å². The highest BCUT2D eigenvalue weighted by molar-refractivity contribution is 7.98.